The van der Waals surface area contributed by atoms with Gasteiger partial charge in [0, 0.05) is 16.8 Å². The summed E-state index contributed by atoms with van der Waals surface area (Å²) >= 11 is 0. The van der Waals surface area contributed by atoms with Crippen LogP contribution in [0, 0.1) is 0 Å². The second-order valence-corrected chi connectivity index (χ2v) is 6.99. The molecule has 0 aliphatic heterocycles. The number of carbonyl (C=O) groups is 2. The molecule has 0 spiro atoms. The zero-order chi connectivity index (χ0) is 25.4. The Morgan fingerprint density at radius 2 is 1.54 bits per heavy atom. The minimum absolute atomic E-state index is 0.138. The lowest BCUT2D eigenvalue weighted by Crippen LogP contribution is -2.30. The monoisotopic (exact) mass is 486 g/mol. The summed E-state index contributed by atoms with van der Waals surface area (Å²) in [7, 11) is 2.89. The Balaban J connectivity index is 1.91. The summed E-state index contributed by atoms with van der Waals surface area (Å²) in [5.41, 5.74) is 0.805. The zero-order valence-electron chi connectivity index (χ0n) is 18.7. The molecular formula is C25H21F3N2O5. The molecule has 7 nitrogen and oxygen atoms in total. The number of alkyl halides is 3. The lowest BCUT2D eigenvalue weighted by Gasteiger charge is -2.14. The molecule has 0 atom stereocenters. The second-order valence-electron chi connectivity index (χ2n) is 6.99. The zero-order valence-corrected chi connectivity index (χ0v) is 18.7. The maximum atomic E-state index is 13.1. The highest BCUT2D eigenvalue weighted by atomic mass is 19.4. The molecule has 2 amide bonds. The van der Waals surface area contributed by atoms with Crippen molar-refractivity contribution in [1.82, 2.24) is 5.32 Å². The number of methoxy groups -OCH3 is 2. The summed E-state index contributed by atoms with van der Waals surface area (Å²) in [5, 5.41) is 5.12. The van der Waals surface area contributed by atoms with Crippen molar-refractivity contribution in [1.29, 1.82) is 0 Å². The van der Waals surface area contributed by atoms with Crippen molar-refractivity contribution in [3.63, 3.8) is 0 Å². The molecule has 3 rings (SSSR count). The Morgan fingerprint density at radius 1 is 0.857 bits per heavy atom. The van der Waals surface area contributed by atoms with Crippen molar-refractivity contribution in [3.8, 4) is 17.2 Å². The molecule has 35 heavy (non-hydrogen) atoms. The van der Waals surface area contributed by atoms with Crippen molar-refractivity contribution in [3.05, 3.63) is 89.6 Å². The summed E-state index contributed by atoms with van der Waals surface area (Å²) < 4.78 is 51.6. The Bertz CT molecular complexity index is 1210. The molecule has 3 aromatic rings. The fraction of sp³-hybridized carbons (Fsp3) is 0.120. The third-order valence-electron chi connectivity index (χ3n) is 4.61. The number of ether oxygens (including phenoxy) is 3. The van der Waals surface area contributed by atoms with E-state index in [1.807, 2.05) is 0 Å². The number of hydrogen-bond acceptors (Lipinski definition) is 5. The number of nitrogens with one attached hydrogen (secondary N) is 2. The summed E-state index contributed by atoms with van der Waals surface area (Å²) in [6.45, 7) is 0. The molecule has 0 aromatic heterocycles. The fourth-order valence-corrected chi connectivity index (χ4v) is 3.06. The summed E-state index contributed by atoms with van der Waals surface area (Å²) in [5.74, 6) is -0.949. The highest BCUT2D eigenvalue weighted by molar-refractivity contribution is 6.10. The molecule has 0 fully saturated rings. The molecule has 182 valence electrons. The molecule has 0 saturated carbocycles. The average molecular weight is 486 g/mol. The molecular weight excluding hydrogens is 465 g/mol. The molecule has 0 unspecified atom stereocenters. The van der Waals surface area contributed by atoms with Crippen molar-refractivity contribution in [2.24, 2.45) is 0 Å². The first-order valence-electron chi connectivity index (χ1n) is 10.2. The quantitative estimate of drug-likeness (QED) is 0.437. The third kappa shape index (κ3) is 7.00. The van der Waals surface area contributed by atoms with Gasteiger partial charge in [-0.3, -0.25) is 9.59 Å². The summed E-state index contributed by atoms with van der Waals surface area (Å²) in [4.78, 5) is 25.8. The number of rotatable bonds is 8. The maximum absolute atomic E-state index is 13.1. The predicted octanol–water partition coefficient (Wildman–Crippen LogP) is 5.01. The number of anilines is 1. The maximum Gasteiger partial charge on any atom is 0.573 e. The van der Waals surface area contributed by atoms with Gasteiger partial charge < -0.3 is 24.8 Å². The molecule has 3 aromatic carbocycles. The van der Waals surface area contributed by atoms with E-state index in [2.05, 4.69) is 15.4 Å². The lowest BCUT2D eigenvalue weighted by molar-refractivity contribution is -0.274. The summed E-state index contributed by atoms with van der Waals surface area (Å²) in [6, 6.07) is 17.8. The fourth-order valence-electron chi connectivity index (χ4n) is 3.06. The van der Waals surface area contributed by atoms with E-state index < -0.39 is 23.9 Å². The Kier molecular flexibility index (Phi) is 7.98. The van der Waals surface area contributed by atoms with Gasteiger partial charge in [0.05, 0.1) is 14.2 Å². The van der Waals surface area contributed by atoms with Crippen LogP contribution in [0.1, 0.15) is 15.9 Å². The van der Waals surface area contributed by atoms with E-state index in [1.54, 1.807) is 48.5 Å². The smallest absolute Gasteiger partial charge is 0.493 e. The minimum atomic E-state index is -4.84. The molecule has 0 radical (unpaired) electrons. The van der Waals surface area contributed by atoms with Crippen LogP contribution in [0.15, 0.2) is 78.5 Å². The first-order chi connectivity index (χ1) is 16.7. The van der Waals surface area contributed by atoms with Gasteiger partial charge in [0.2, 0.25) is 0 Å². The Morgan fingerprint density at radius 3 is 2.14 bits per heavy atom. The molecule has 0 aliphatic rings. The van der Waals surface area contributed by atoms with Crippen LogP contribution in [0.3, 0.4) is 0 Å². The van der Waals surface area contributed by atoms with Crippen LogP contribution >= 0.6 is 0 Å². The van der Waals surface area contributed by atoms with Gasteiger partial charge in [0.25, 0.3) is 11.8 Å². The van der Waals surface area contributed by atoms with Crippen LogP contribution in [0.25, 0.3) is 6.08 Å². The van der Waals surface area contributed by atoms with Gasteiger partial charge in [-0.05, 0) is 48.5 Å². The van der Waals surface area contributed by atoms with Gasteiger partial charge in [-0.15, -0.1) is 13.2 Å². The highest BCUT2D eigenvalue weighted by Gasteiger charge is 2.31. The van der Waals surface area contributed by atoms with Gasteiger partial charge in [0.15, 0.2) is 11.5 Å². The van der Waals surface area contributed by atoms with E-state index in [-0.39, 0.29) is 11.4 Å². The Labute approximate surface area is 199 Å². The SMILES string of the molecule is COc1cccc(/C=C(/NC(=O)c2ccccc2)C(=O)Nc2ccc(OC(F)(F)F)cc2)c1OC. The van der Waals surface area contributed by atoms with Crippen LogP contribution in [0.5, 0.6) is 17.2 Å². The van der Waals surface area contributed by atoms with Crippen LogP contribution < -0.4 is 24.8 Å². The number of halogens is 3. The minimum Gasteiger partial charge on any atom is -0.493 e. The van der Waals surface area contributed by atoms with Gasteiger partial charge >= 0.3 is 6.36 Å². The Hall–Kier alpha value is -4.47. The number of benzene rings is 3. The second kappa shape index (κ2) is 11.1. The van der Waals surface area contributed by atoms with Crippen molar-refractivity contribution in [2.75, 3.05) is 19.5 Å². The van der Waals surface area contributed by atoms with E-state index >= 15 is 0 Å². The van der Waals surface area contributed by atoms with E-state index in [0.29, 0.717) is 22.6 Å². The van der Waals surface area contributed by atoms with Crippen LogP contribution in [-0.2, 0) is 4.79 Å². The van der Waals surface area contributed by atoms with Gasteiger partial charge in [-0.1, -0.05) is 30.3 Å². The standard InChI is InChI=1S/C25H21F3N2O5/c1-33-21-10-6-9-17(22(21)34-2)15-20(30-23(31)16-7-4-3-5-8-16)24(32)29-18-11-13-19(14-12-18)35-25(26,27)28/h3-15H,1-2H3,(H,29,32)(H,30,31)/b20-15+. The predicted molar refractivity (Wildman–Crippen MR) is 123 cm³/mol. The van der Waals surface area contributed by atoms with Crippen LogP contribution in [0.4, 0.5) is 18.9 Å². The molecule has 2 N–H and O–H groups in total. The molecule has 0 heterocycles. The third-order valence-corrected chi connectivity index (χ3v) is 4.61. The van der Waals surface area contributed by atoms with E-state index in [1.165, 1.54) is 32.4 Å². The lowest BCUT2D eigenvalue weighted by atomic mass is 10.1. The average Bonchev–Trinajstić information content (AvgIpc) is 2.84. The van der Waals surface area contributed by atoms with Gasteiger partial charge in [0.1, 0.15) is 11.4 Å². The highest BCUT2D eigenvalue weighted by Crippen LogP contribution is 2.32. The molecule has 10 heteroatoms. The molecule has 0 bridgehead atoms. The van der Waals surface area contributed by atoms with Crippen LogP contribution in [-0.4, -0.2) is 32.4 Å². The number of amides is 2. The van der Waals surface area contributed by atoms with E-state index in [9.17, 15) is 22.8 Å². The van der Waals surface area contributed by atoms with E-state index in [4.69, 9.17) is 9.47 Å². The van der Waals surface area contributed by atoms with Crippen molar-refractivity contribution < 1.29 is 37.0 Å². The van der Waals surface area contributed by atoms with Crippen LogP contribution in [0.2, 0.25) is 0 Å². The van der Waals surface area contributed by atoms with Crippen molar-refractivity contribution in [2.45, 2.75) is 6.36 Å². The number of hydrogen-bond donors (Lipinski definition) is 2. The largest absolute Gasteiger partial charge is 0.573 e. The number of para-hydroxylation sites is 1. The number of carbonyl (C=O) groups excluding carboxylic acids is 2. The topological polar surface area (TPSA) is 85.9 Å². The normalized spacial score (nSPS) is 11.4. The molecule has 0 saturated heterocycles. The van der Waals surface area contributed by atoms with Crippen molar-refractivity contribution >= 4 is 23.6 Å². The first kappa shape index (κ1) is 25.2. The van der Waals surface area contributed by atoms with Gasteiger partial charge in [-0.2, -0.15) is 0 Å². The first-order valence-corrected chi connectivity index (χ1v) is 10.2. The van der Waals surface area contributed by atoms with Gasteiger partial charge in [-0.25, -0.2) is 0 Å². The summed E-state index contributed by atoms with van der Waals surface area (Å²) in [6.07, 6.45) is -3.43. The van der Waals surface area contributed by atoms with E-state index in [0.717, 1.165) is 12.1 Å². The molecule has 0 aliphatic carbocycles.